The van der Waals surface area contributed by atoms with E-state index in [1.807, 2.05) is 33.9 Å². The summed E-state index contributed by atoms with van der Waals surface area (Å²) in [5, 5.41) is 14.5. The molecular formula is C44H52IrNO3S-. The quantitative estimate of drug-likeness (QED) is 0.0846. The Morgan fingerprint density at radius 3 is 2.22 bits per heavy atom. The van der Waals surface area contributed by atoms with Gasteiger partial charge in [0.1, 0.15) is 5.58 Å². The van der Waals surface area contributed by atoms with Crippen LogP contribution in [0.25, 0.3) is 53.4 Å². The van der Waals surface area contributed by atoms with Crippen LogP contribution >= 0.6 is 11.3 Å². The van der Waals surface area contributed by atoms with E-state index in [0.717, 1.165) is 65.3 Å². The maximum absolute atomic E-state index is 11.7. The first-order valence-electron chi connectivity index (χ1n) is 18.0. The number of hydrogen-bond donors (Lipinski definition) is 1. The summed E-state index contributed by atoms with van der Waals surface area (Å²) in [6.07, 6.45) is 7.88. The smallest absolute Gasteiger partial charge is 0.162 e. The number of carbonyl (C=O) groups is 1. The molecule has 0 aliphatic heterocycles. The van der Waals surface area contributed by atoms with E-state index in [4.69, 9.17) is 9.40 Å². The number of carbonyl (C=O) groups excluding carboxylic acids is 1. The second-order valence-electron chi connectivity index (χ2n) is 14.7. The Morgan fingerprint density at radius 1 is 0.900 bits per heavy atom. The second-order valence-corrected chi connectivity index (χ2v) is 15.7. The van der Waals surface area contributed by atoms with Crippen LogP contribution in [0.3, 0.4) is 0 Å². The fourth-order valence-electron chi connectivity index (χ4n) is 6.78. The molecule has 0 amide bonds. The van der Waals surface area contributed by atoms with Crippen molar-refractivity contribution in [2.45, 2.75) is 99.8 Å². The molecule has 6 rings (SSSR count). The molecular weight excluding hydrogens is 815 g/mol. The SMILES string of the molecule is CC(C)Cc1ccc2oc3c4ccnc(-c5[c-]c6ccccc6c(C(C)(C)C)c5)c4sc3c2c1.CCC(CC)C(=O)/C=C(\O)C(CC)CC.[Ir]. The van der Waals surface area contributed by atoms with E-state index < -0.39 is 0 Å². The zero-order valence-corrected chi connectivity index (χ0v) is 34.3. The van der Waals surface area contributed by atoms with E-state index in [2.05, 4.69) is 95.3 Å². The van der Waals surface area contributed by atoms with E-state index in [-0.39, 0.29) is 48.9 Å². The number of allylic oxidation sites excluding steroid dienone is 2. The van der Waals surface area contributed by atoms with Crippen molar-refractivity contribution in [2.75, 3.05) is 0 Å². The number of aliphatic hydroxyl groups excluding tert-OH is 1. The van der Waals surface area contributed by atoms with Crippen LogP contribution in [0.1, 0.15) is 99.1 Å². The molecule has 0 spiro atoms. The third kappa shape index (κ3) is 8.41. The molecule has 4 nitrogen and oxygen atoms in total. The molecule has 1 radical (unpaired) electrons. The maximum atomic E-state index is 11.7. The second kappa shape index (κ2) is 16.8. The normalized spacial score (nSPS) is 12.4. The van der Waals surface area contributed by atoms with Crippen molar-refractivity contribution < 1.29 is 34.4 Å². The van der Waals surface area contributed by atoms with E-state index in [0.29, 0.717) is 5.92 Å². The standard InChI is InChI=1S/C31H28NOS.C13H24O2.Ir/c1-18(2)14-19-10-11-26-24(15-19)30-28(33-26)23-12-13-32-27(29(23)34-30)21-16-20-8-6-7-9-22(20)25(17-21)31(3,4)5;1-5-10(6-2)12(14)9-13(15)11(7-3)8-4;/h6-13,15,17-18H,14H2,1-5H3;9-11,14H,5-8H2,1-4H3;/q-1;;/b;12-9-;. The predicted molar refractivity (Wildman–Crippen MR) is 210 cm³/mol. The molecule has 0 unspecified atom stereocenters. The van der Waals surface area contributed by atoms with Gasteiger partial charge in [-0.1, -0.05) is 97.5 Å². The van der Waals surface area contributed by atoms with E-state index in [9.17, 15) is 9.90 Å². The number of aliphatic hydroxyl groups is 1. The number of nitrogens with zero attached hydrogens (tertiary/aromatic N) is 1. The Labute approximate surface area is 315 Å². The average molecular weight is 867 g/mol. The Balaban J connectivity index is 0.000000301. The number of fused-ring (bicyclic) bond motifs is 6. The van der Waals surface area contributed by atoms with E-state index >= 15 is 0 Å². The van der Waals surface area contributed by atoms with Gasteiger partial charge >= 0.3 is 0 Å². The van der Waals surface area contributed by atoms with Crippen molar-refractivity contribution in [3.05, 3.63) is 89.8 Å². The summed E-state index contributed by atoms with van der Waals surface area (Å²) in [5.74, 6) is 1.17. The van der Waals surface area contributed by atoms with Crippen molar-refractivity contribution in [3.8, 4) is 11.3 Å². The van der Waals surface area contributed by atoms with Crippen molar-refractivity contribution >= 4 is 59.2 Å². The largest absolute Gasteiger partial charge is 0.512 e. The molecule has 1 N–H and O–H groups in total. The zero-order chi connectivity index (χ0) is 35.5. The number of pyridine rings is 1. The minimum atomic E-state index is 0. The van der Waals surface area contributed by atoms with Crippen molar-refractivity contribution in [3.63, 3.8) is 0 Å². The van der Waals surface area contributed by atoms with Crippen LogP contribution in [0.5, 0.6) is 0 Å². The van der Waals surface area contributed by atoms with Gasteiger partial charge in [0, 0.05) is 65.4 Å². The van der Waals surface area contributed by atoms with E-state index in [1.54, 1.807) is 11.3 Å². The Kier molecular flexibility index (Phi) is 13.3. The summed E-state index contributed by atoms with van der Waals surface area (Å²) in [7, 11) is 0. The van der Waals surface area contributed by atoms with Crippen LogP contribution in [0.15, 0.2) is 77.0 Å². The van der Waals surface area contributed by atoms with Gasteiger partial charge in [-0.15, -0.1) is 40.5 Å². The van der Waals surface area contributed by atoms with Crippen LogP contribution in [-0.4, -0.2) is 15.9 Å². The fourth-order valence-corrected chi connectivity index (χ4v) is 8.03. The fraction of sp³-hybridized carbons (Fsp3) is 0.409. The molecule has 0 aliphatic rings. The molecule has 6 heteroatoms. The molecule has 0 aliphatic carbocycles. The Morgan fingerprint density at radius 2 is 1.58 bits per heavy atom. The topological polar surface area (TPSA) is 63.3 Å². The van der Waals surface area contributed by atoms with Crippen molar-refractivity contribution in [1.29, 1.82) is 0 Å². The molecule has 0 saturated heterocycles. The Bertz CT molecular complexity index is 2110. The summed E-state index contributed by atoms with van der Waals surface area (Å²) in [4.78, 5) is 16.6. The van der Waals surface area contributed by atoms with E-state index in [1.165, 1.54) is 37.4 Å². The third-order valence-electron chi connectivity index (χ3n) is 9.62. The molecule has 3 aromatic carbocycles. The first kappa shape index (κ1) is 39.5. The molecule has 3 aromatic heterocycles. The molecule has 0 atom stereocenters. The van der Waals surface area contributed by atoms with Crippen molar-refractivity contribution in [2.24, 2.45) is 17.8 Å². The number of benzene rings is 3. The molecule has 267 valence electrons. The summed E-state index contributed by atoms with van der Waals surface area (Å²) in [6.45, 7) is 19.4. The summed E-state index contributed by atoms with van der Waals surface area (Å²) in [5.41, 5.74) is 6.65. The van der Waals surface area contributed by atoms with Gasteiger partial charge < -0.3 is 9.52 Å². The number of thiophene rings is 1. The van der Waals surface area contributed by atoms with Crippen LogP contribution in [-0.2, 0) is 36.7 Å². The van der Waals surface area contributed by atoms with Gasteiger partial charge in [-0.25, -0.2) is 0 Å². The summed E-state index contributed by atoms with van der Waals surface area (Å²) >= 11 is 1.79. The van der Waals surface area contributed by atoms with Gasteiger partial charge in [-0.2, -0.15) is 0 Å². The van der Waals surface area contributed by atoms with Crippen LogP contribution in [0.2, 0.25) is 0 Å². The molecule has 0 bridgehead atoms. The van der Waals surface area contributed by atoms with Gasteiger partial charge in [0.15, 0.2) is 11.4 Å². The van der Waals surface area contributed by atoms with Gasteiger partial charge in [-0.05, 0) is 67.2 Å². The minimum Gasteiger partial charge on any atom is -0.512 e. The number of rotatable bonds is 10. The molecule has 6 aromatic rings. The zero-order valence-electron chi connectivity index (χ0n) is 31.1. The molecule has 0 saturated carbocycles. The van der Waals surface area contributed by atoms with Gasteiger partial charge in [0.25, 0.3) is 0 Å². The monoisotopic (exact) mass is 867 g/mol. The number of ketones is 1. The van der Waals surface area contributed by atoms with Gasteiger partial charge in [0.2, 0.25) is 0 Å². The third-order valence-corrected chi connectivity index (χ3v) is 10.9. The van der Waals surface area contributed by atoms with Crippen LogP contribution in [0, 0.1) is 23.8 Å². The average Bonchev–Trinajstić information content (AvgIpc) is 3.61. The van der Waals surface area contributed by atoms with Crippen LogP contribution in [0.4, 0.5) is 0 Å². The minimum absolute atomic E-state index is 0. The first-order chi connectivity index (χ1) is 23.4. The maximum Gasteiger partial charge on any atom is 0.162 e. The predicted octanol–water partition coefficient (Wildman–Crippen LogP) is 13.2. The molecule has 0 fully saturated rings. The van der Waals surface area contributed by atoms with Gasteiger partial charge in [0.05, 0.1) is 10.5 Å². The molecule has 50 heavy (non-hydrogen) atoms. The van der Waals surface area contributed by atoms with Crippen LogP contribution < -0.4 is 0 Å². The van der Waals surface area contributed by atoms with Crippen molar-refractivity contribution in [1.82, 2.24) is 4.98 Å². The molecule has 3 heterocycles. The summed E-state index contributed by atoms with van der Waals surface area (Å²) in [6, 6.07) is 23.2. The number of furan rings is 1. The Hall–Kier alpha value is -3.31. The summed E-state index contributed by atoms with van der Waals surface area (Å²) < 4.78 is 8.75. The first-order valence-corrected chi connectivity index (χ1v) is 18.8. The number of aromatic nitrogens is 1. The number of hydrogen-bond acceptors (Lipinski definition) is 5. The van der Waals surface area contributed by atoms with Gasteiger partial charge in [-0.3, -0.25) is 9.78 Å².